The van der Waals surface area contributed by atoms with Crippen molar-refractivity contribution < 1.29 is 32.9 Å². The molecule has 2 fully saturated rings. The maximum atomic E-state index is 13.1. The Morgan fingerprint density at radius 2 is 2.24 bits per heavy atom. The van der Waals surface area contributed by atoms with Gasteiger partial charge in [0.1, 0.15) is 10.6 Å². The standard InChI is InChI=1S/C16H21NO7S/c1-23-13-3-2-11(5-15(19)20)4-14(13)25(21,22)17-6-12-7-24-10-16(12,8-17)9-18/h2-4,12,18H,5-10H2,1H3,(H,19,20)/t12-,16-/m0/s1. The summed E-state index contributed by atoms with van der Waals surface area (Å²) in [6.07, 6.45) is -0.274. The first-order valence-corrected chi connectivity index (χ1v) is 9.34. The molecule has 2 aliphatic rings. The highest BCUT2D eigenvalue weighted by Gasteiger charge is 2.53. The van der Waals surface area contributed by atoms with Gasteiger partial charge in [0, 0.05) is 24.4 Å². The van der Waals surface area contributed by atoms with Crippen molar-refractivity contribution in [3.63, 3.8) is 0 Å². The van der Waals surface area contributed by atoms with Gasteiger partial charge in [0.2, 0.25) is 10.0 Å². The van der Waals surface area contributed by atoms with Crippen LogP contribution >= 0.6 is 0 Å². The van der Waals surface area contributed by atoms with Gasteiger partial charge in [-0.05, 0) is 17.7 Å². The Morgan fingerprint density at radius 3 is 2.84 bits per heavy atom. The molecule has 0 amide bonds. The molecule has 1 aromatic carbocycles. The number of benzene rings is 1. The van der Waals surface area contributed by atoms with Crippen molar-refractivity contribution in [3.8, 4) is 5.75 Å². The first-order chi connectivity index (χ1) is 11.8. The van der Waals surface area contributed by atoms with Crippen LogP contribution in [0.2, 0.25) is 0 Å². The van der Waals surface area contributed by atoms with Gasteiger partial charge < -0.3 is 19.7 Å². The number of aliphatic hydroxyl groups is 1. The third-order valence-corrected chi connectivity index (χ3v) is 6.84. The largest absolute Gasteiger partial charge is 0.495 e. The predicted octanol–water partition coefficient (Wildman–Crippen LogP) is -0.0483. The van der Waals surface area contributed by atoms with Crippen LogP contribution in [-0.2, 0) is 26.0 Å². The number of methoxy groups -OCH3 is 1. The monoisotopic (exact) mass is 371 g/mol. The summed E-state index contributed by atoms with van der Waals surface area (Å²) in [5.74, 6) is -0.929. The molecule has 2 N–H and O–H groups in total. The highest BCUT2D eigenvalue weighted by atomic mass is 32.2. The second-order valence-electron chi connectivity index (χ2n) is 6.59. The molecule has 0 bridgehead atoms. The SMILES string of the molecule is COc1ccc(CC(=O)O)cc1S(=O)(=O)N1C[C@H]2COC[C@@]2(CO)C1. The maximum Gasteiger partial charge on any atom is 0.307 e. The lowest BCUT2D eigenvalue weighted by Crippen LogP contribution is -2.36. The van der Waals surface area contributed by atoms with E-state index in [0.717, 1.165) is 0 Å². The van der Waals surface area contributed by atoms with Crippen LogP contribution in [0.4, 0.5) is 0 Å². The molecular formula is C16H21NO7S. The molecular weight excluding hydrogens is 350 g/mol. The summed E-state index contributed by atoms with van der Waals surface area (Å²) in [4.78, 5) is 10.9. The second kappa shape index (κ2) is 6.56. The lowest BCUT2D eigenvalue weighted by Gasteiger charge is -2.24. The van der Waals surface area contributed by atoms with Crippen molar-refractivity contribution in [1.29, 1.82) is 0 Å². The van der Waals surface area contributed by atoms with E-state index in [9.17, 15) is 18.3 Å². The van der Waals surface area contributed by atoms with Crippen molar-refractivity contribution in [2.24, 2.45) is 11.3 Å². The predicted molar refractivity (Wildman–Crippen MR) is 86.9 cm³/mol. The first-order valence-electron chi connectivity index (χ1n) is 7.90. The molecule has 0 saturated carbocycles. The number of ether oxygens (including phenoxy) is 2. The number of carboxylic acids is 1. The summed E-state index contributed by atoms with van der Waals surface area (Å²) in [5.41, 5.74) is -0.189. The molecule has 1 aromatic rings. The minimum Gasteiger partial charge on any atom is -0.495 e. The third-order valence-electron chi connectivity index (χ3n) is 5.01. The van der Waals surface area contributed by atoms with E-state index < -0.39 is 21.4 Å². The van der Waals surface area contributed by atoms with Crippen LogP contribution in [0, 0.1) is 11.3 Å². The zero-order valence-corrected chi connectivity index (χ0v) is 14.7. The number of carbonyl (C=O) groups is 1. The average molecular weight is 371 g/mol. The number of aliphatic carboxylic acids is 1. The van der Waals surface area contributed by atoms with E-state index in [1.54, 1.807) is 0 Å². The van der Waals surface area contributed by atoms with Gasteiger partial charge in [-0.2, -0.15) is 4.31 Å². The normalized spacial score (nSPS) is 26.6. The summed E-state index contributed by atoms with van der Waals surface area (Å²) in [5, 5.41) is 18.7. The summed E-state index contributed by atoms with van der Waals surface area (Å²) in [6.45, 7) is 1.04. The van der Waals surface area contributed by atoms with Crippen LogP contribution in [-0.4, -0.2) is 68.9 Å². The van der Waals surface area contributed by atoms with Gasteiger partial charge in [0.15, 0.2) is 0 Å². The Bertz CT molecular complexity index is 779. The van der Waals surface area contributed by atoms with Gasteiger partial charge in [0.05, 0.1) is 33.4 Å². The van der Waals surface area contributed by atoms with Crippen molar-refractivity contribution in [1.82, 2.24) is 4.31 Å². The van der Waals surface area contributed by atoms with Crippen molar-refractivity contribution >= 4 is 16.0 Å². The van der Waals surface area contributed by atoms with E-state index in [4.69, 9.17) is 14.6 Å². The number of fused-ring (bicyclic) bond motifs is 1. The molecule has 138 valence electrons. The van der Waals surface area contributed by atoms with E-state index in [-0.39, 0.29) is 42.7 Å². The number of hydrogen-bond donors (Lipinski definition) is 2. The van der Waals surface area contributed by atoms with Crippen LogP contribution < -0.4 is 4.74 Å². The van der Waals surface area contributed by atoms with Crippen molar-refractivity contribution in [2.75, 3.05) is 40.0 Å². The van der Waals surface area contributed by atoms with Crippen LogP contribution in [0.1, 0.15) is 5.56 Å². The second-order valence-corrected chi connectivity index (χ2v) is 8.49. The topological polar surface area (TPSA) is 113 Å². The highest BCUT2D eigenvalue weighted by molar-refractivity contribution is 7.89. The van der Waals surface area contributed by atoms with Crippen LogP contribution in [0.25, 0.3) is 0 Å². The fourth-order valence-electron chi connectivity index (χ4n) is 3.54. The minimum atomic E-state index is -3.88. The third kappa shape index (κ3) is 3.12. The van der Waals surface area contributed by atoms with Crippen molar-refractivity contribution in [3.05, 3.63) is 23.8 Å². The molecule has 25 heavy (non-hydrogen) atoms. The zero-order chi connectivity index (χ0) is 18.2. The molecule has 2 heterocycles. The number of aliphatic hydroxyl groups excluding tert-OH is 1. The summed E-state index contributed by atoms with van der Waals surface area (Å²) >= 11 is 0. The summed E-state index contributed by atoms with van der Waals surface area (Å²) in [6, 6.07) is 4.35. The number of rotatable bonds is 6. The Morgan fingerprint density at radius 1 is 1.48 bits per heavy atom. The van der Waals surface area contributed by atoms with Gasteiger partial charge in [-0.1, -0.05) is 6.07 Å². The van der Waals surface area contributed by atoms with Crippen molar-refractivity contribution in [2.45, 2.75) is 11.3 Å². The lowest BCUT2D eigenvalue weighted by atomic mass is 9.82. The van der Waals surface area contributed by atoms with Crippen LogP contribution in [0.3, 0.4) is 0 Å². The first kappa shape index (κ1) is 18.1. The molecule has 8 nitrogen and oxygen atoms in total. The zero-order valence-electron chi connectivity index (χ0n) is 13.8. The Balaban J connectivity index is 1.96. The number of nitrogens with zero attached hydrogens (tertiary/aromatic N) is 1. The molecule has 3 rings (SSSR count). The molecule has 0 radical (unpaired) electrons. The molecule has 2 aliphatic heterocycles. The van der Waals surface area contributed by atoms with Gasteiger partial charge in [-0.3, -0.25) is 4.79 Å². The molecule has 0 aliphatic carbocycles. The molecule has 0 unspecified atom stereocenters. The average Bonchev–Trinajstić information content (AvgIpc) is 3.12. The van der Waals surface area contributed by atoms with E-state index in [0.29, 0.717) is 18.8 Å². The molecule has 9 heteroatoms. The fourth-order valence-corrected chi connectivity index (χ4v) is 5.32. The Hall–Kier alpha value is -1.68. The van der Waals surface area contributed by atoms with Gasteiger partial charge in [0.25, 0.3) is 0 Å². The van der Waals surface area contributed by atoms with Crippen LogP contribution in [0.15, 0.2) is 23.1 Å². The quantitative estimate of drug-likeness (QED) is 0.721. The molecule has 0 spiro atoms. The van der Waals surface area contributed by atoms with E-state index in [2.05, 4.69) is 0 Å². The fraction of sp³-hybridized carbons (Fsp3) is 0.562. The smallest absolute Gasteiger partial charge is 0.307 e. The maximum absolute atomic E-state index is 13.1. The molecule has 2 saturated heterocycles. The van der Waals surface area contributed by atoms with Crippen LogP contribution in [0.5, 0.6) is 5.75 Å². The summed E-state index contributed by atoms with van der Waals surface area (Å²) in [7, 11) is -2.51. The number of hydrogen-bond acceptors (Lipinski definition) is 6. The van der Waals surface area contributed by atoms with E-state index >= 15 is 0 Å². The van der Waals surface area contributed by atoms with Gasteiger partial charge in [-0.15, -0.1) is 0 Å². The number of sulfonamides is 1. The summed E-state index contributed by atoms with van der Waals surface area (Å²) < 4.78 is 38.1. The lowest BCUT2D eigenvalue weighted by molar-refractivity contribution is -0.136. The highest BCUT2D eigenvalue weighted by Crippen LogP contribution is 2.43. The van der Waals surface area contributed by atoms with Gasteiger partial charge >= 0.3 is 5.97 Å². The minimum absolute atomic E-state index is 0.0530. The Labute approximate surface area is 146 Å². The molecule has 0 aromatic heterocycles. The van der Waals surface area contributed by atoms with Gasteiger partial charge in [-0.25, -0.2) is 8.42 Å². The van der Waals surface area contributed by atoms with E-state index in [1.165, 1.54) is 29.6 Å². The number of carboxylic acid groups (broad SMARTS) is 1. The molecule has 2 atom stereocenters. The van der Waals surface area contributed by atoms with E-state index in [1.807, 2.05) is 0 Å². The Kier molecular flexibility index (Phi) is 4.76.